The van der Waals surface area contributed by atoms with E-state index in [1.807, 2.05) is 0 Å². The molecule has 0 heterocycles. The van der Waals surface area contributed by atoms with Crippen LogP contribution in [0.2, 0.25) is 0 Å². The summed E-state index contributed by atoms with van der Waals surface area (Å²) in [6, 6.07) is 16.0. The Morgan fingerprint density at radius 2 is 1.58 bits per heavy atom. The number of alkyl halides is 2. The molecule has 31 heavy (non-hydrogen) atoms. The number of nitrogens with one attached hydrogen (secondary N) is 2. The molecule has 162 valence electrons. The quantitative estimate of drug-likeness (QED) is 0.540. The number of rotatable bonds is 8. The Balaban J connectivity index is 1.64. The Bertz CT molecular complexity index is 1150. The number of halogens is 3. The van der Waals surface area contributed by atoms with Gasteiger partial charge in [-0.2, -0.15) is 8.78 Å². The molecule has 0 radical (unpaired) electrons. The molecule has 6 nitrogen and oxygen atoms in total. The predicted octanol–water partition coefficient (Wildman–Crippen LogP) is 4.16. The molecule has 0 aliphatic carbocycles. The predicted molar refractivity (Wildman–Crippen MR) is 108 cm³/mol. The van der Waals surface area contributed by atoms with Gasteiger partial charge in [-0.1, -0.05) is 18.2 Å². The van der Waals surface area contributed by atoms with Gasteiger partial charge in [-0.3, -0.25) is 9.52 Å². The van der Waals surface area contributed by atoms with E-state index in [0.29, 0.717) is 5.56 Å². The lowest BCUT2D eigenvalue weighted by molar-refractivity contribution is -0.0504. The second-order valence-electron chi connectivity index (χ2n) is 6.31. The number of hydrogen-bond donors (Lipinski definition) is 2. The number of sulfonamides is 1. The summed E-state index contributed by atoms with van der Waals surface area (Å²) in [6.45, 7) is -3.02. The normalized spacial score (nSPS) is 11.2. The SMILES string of the molecule is O=C(NCc1ccccc1OC(F)F)c1ccc(NS(=O)(=O)c2ccc(F)cc2)cc1. The first-order valence-corrected chi connectivity index (χ1v) is 10.4. The monoisotopic (exact) mass is 450 g/mol. The van der Waals surface area contributed by atoms with Crippen molar-refractivity contribution in [2.24, 2.45) is 0 Å². The number of amides is 1. The zero-order chi connectivity index (χ0) is 22.4. The average Bonchev–Trinajstić information content (AvgIpc) is 2.73. The number of anilines is 1. The van der Waals surface area contributed by atoms with Gasteiger partial charge < -0.3 is 10.1 Å². The number of benzene rings is 3. The van der Waals surface area contributed by atoms with E-state index in [4.69, 9.17) is 0 Å². The highest BCUT2D eigenvalue weighted by atomic mass is 32.2. The van der Waals surface area contributed by atoms with Crippen molar-refractivity contribution >= 4 is 21.6 Å². The molecule has 0 atom stereocenters. The van der Waals surface area contributed by atoms with Crippen LogP contribution in [0.1, 0.15) is 15.9 Å². The summed E-state index contributed by atoms with van der Waals surface area (Å²) < 4.78 is 69.3. The number of para-hydroxylation sites is 1. The highest BCUT2D eigenvalue weighted by Crippen LogP contribution is 2.21. The minimum atomic E-state index is -3.92. The summed E-state index contributed by atoms with van der Waals surface area (Å²) in [5.74, 6) is -1.08. The van der Waals surface area contributed by atoms with E-state index in [-0.39, 0.29) is 28.4 Å². The molecule has 0 aliphatic heterocycles. The molecule has 1 amide bonds. The van der Waals surface area contributed by atoms with E-state index in [1.54, 1.807) is 12.1 Å². The molecule has 0 fully saturated rings. The molecular formula is C21H17F3N2O4S. The van der Waals surface area contributed by atoms with Gasteiger partial charge in [0, 0.05) is 23.4 Å². The lowest BCUT2D eigenvalue weighted by Crippen LogP contribution is -2.23. The van der Waals surface area contributed by atoms with Gasteiger partial charge in [0.05, 0.1) is 4.90 Å². The first kappa shape index (κ1) is 22.2. The van der Waals surface area contributed by atoms with E-state index in [2.05, 4.69) is 14.8 Å². The maximum atomic E-state index is 13.0. The average molecular weight is 450 g/mol. The third-order valence-corrected chi connectivity index (χ3v) is 5.55. The van der Waals surface area contributed by atoms with E-state index in [9.17, 15) is 26.4 Å². The van der Waals surface area contributed by atoms with Gasteiger partial charge in [0.25, 0.3) is 15.9 Å². The summed E-state index contributed by atoms with van der Waals surface area (Å²) in [6.07, 6.45) is 0. The summed E-state index contributed by atoms with van der Waals surface area (Å²) in [7, 11) is -3.92. The van der Waals surface area contributed by atoms with E-state index < -0.39 is 28.4 Å². The number of ether oxygens (including phenoxy) is 1. The van der Waals surface area contributed by atoms with Crippen LogP contribution in [0.5, 0.6) is 5.75 Å². The molecule has 0 spiro atoms. The van der Waals surface area contributed by atoms with Crippen molar-refractivity contribution in [3.63, 3.8) is 0 Å². The number of carbonyl (C=O) groups is 1. The molecule has 10 heteroatoms. The summed E-state index contributed by atoms with van der Waals surface area (Å²) in [4.78, 5) is 12.2. The van der Waals surface area contributed by atoms with Gasteiger partial charge in [-0.25, -0.2) is 12.8 Å². The molecule has 0 bridgehead atoms. The zero-order valence-corrected chi connectivity index (χ0v) is 16.7. The van der Waals surface area contributed by atoms with Crippen LogP contribution in [0.4, 0.5) is 18.9 Å². The second kappa shape index (κ2) is 9.52. The second-order valence-corrected chi connectivity index (χ2v) is 7.99. The van der Waals surface area contributed by atoms with Gasteiger partial charge in [0.2, 0.25) is 0 Å². The zero-order valence-electron chi connectivity index (χ0n) is 15.9. The van der Waals surface area contributed by atoms with Gasteiger partial charge >= 0.3 is 6.61 Å². The van der Waals surface area contributed by atoms with Gasteiger partial charge in [0.15, 0.2) is 0 Å². The smallest absolute Gasteiger partial charge is 0.387 e. The summed E-state index contributed by atoms with van der Waals surface area (Å²) in [5, 5.41) is 2.59. The number of hydrogen-bond acceptors (Lipinski definition) is 4. The van der Waals surface area contributed by atoms with Crippen LogP contribution in [0.25, 0.3) is 0 Å². The lowest BCUT2D eigenvalue weighted by atomic mass is 10.1. The molecule has 0 aromatic heterocycles. The van der Waals surface area contributed by atoms with Gasteiger partial charge in [-0.05, 0) is 54.6 Å². The fraction of sp³-hybridized carbons (Fsp3) is 0.0952. The van der Waals surface area contributed by atoms with Gasteiger partial charge in [-0.15, -0.1) is 0 Å². The molecule has 3 aromatic rings. The van der Waals surface area contributed by atoms with Crippen LogP contribution in [0.3, 0.4) is 0 Å². The van der Waals surface area contributed by atoms with Crippen molar-refractivity contribution in [2.75, 3.05) is 4.72 Å². The highest BCUT2D eigenvalue weighted by Gasteiger charge is 2.15. The van der Waals surface area contributed by atoms with Crippen LogP contribution in [-0.2, 0) is 16.6 Å². The van der Waals surface area contributed by atoms with E-state index in [1.165, 1.54) is 36.4 Å². The third kappa shape index (κ3) is 5.98. The fourth-order valence-corrected chi connectivity index (χ4v) is 3.71. The van der Waals surface area contributed by atoms with Crippen LogP contribution in [0, 0.1) is 5.82 Å². The van der Waals surface area contributed by atoms with E-state index in [0.717, 1.165) is 24.3 Å². The fourth-order valence-electron chi connectivity index (χ4n) is 2.66. The standard InChI is InChI=1S/C21H17F3N2O4S/c22-16-7-11-18(12-8-16)31(28,29)26-17-9-5-14(6-10-17)20(27)25-13-15-3-1-2-4-19(15)30-21(23)24/h1-12,21,26H,13H2,(H,25,27). The van der Waals surface area contributed by atoms with Crippen LogP contribution in [0.15, 0.2) is 77.7 Å². The van der Waals surface area contributed by atoms with Crippen LogP contribution in [-0.4, -0.2) is 20.9 Å². The maximum absolute atomic E-state index is 13.0. The lowest BCUT2D eigenvalue weighted by Gasteiger charge is -2.12. The van der Waals surface area contributed by atoms with Crippen LogP contribution < -0.4 is 14.8 Å². The van der Waals surface area contributed by atoms with Crippen molar-refractivity contribution < 1.29 is 31.1 Å². The summed E-state index contributed by atoms with van der Waals surface area (Å²) in [5.41, 5.74) is 0.813. The maximum Gasteiger partial charge on any atom is 0.387 e. The largest absolute Gasteiger partial charge is 0.434 e. The van der Waals surface area contributed by atoms with Crippen molar-refractivity contribution in [3.05, 3.63) is 89.7 Å². The first-order valence-electron chi connectivity index (χ1n) is 8.94. The topological polar surface area (TPSA) is 84.5 Å². The Kier molecular flexibility index (Phi) is 6.81. The minimum absolute atomic E-state index is 0.0386. The molecular weight excluding hydrogens is 433 g/mol. The van der Waals surface area contributed by atoms with E-state index >= 15 is 0 Å². The Hall–Kier alpha value is -3.53. The highest BCUT2D eigenvalue weighted by molar-refractivity contribution is 7.92. The minimum Gasteiger partial charge on any atom is -0.434 e. The Morgan fingerprint density at radius 1 is 0.935 bits per heavy atom. The van der Waals surface area contributed by atoms with Crippen molar-refractivity contribution in [1.82, 2.24) is 5.32 Å². The summed E-state index contributed by atoms with van der Waals surface area (Å²) >= 11 is 0. The molecule has 0 saturated carbocycles. The Morgan fingerprint density at radius 3 is 2.23 bits per heavy atom. The third-order valence-electron chi connectivity index (χ3n) is 4.15. The molecule has 3 aromatic carbocycles. The molecule has 0 unspecified atom stereocenters. The molecule has 3 rings (SSSR count). The number of carbonyl (C=O) groups excluding carboxylic acids is 1. The first-order chi connectivity index (χ1) is 14.7. The van der Waals surface area contributed by atoms with Crippen molar-refractivity contribution in [1.29, 1.82) is 0 Å². The molecule has 0 saturated heterocycles. The van der Waals surface area contributed by atoms with Crippen molar-refractivity contribution in [3.8, 4) is 5.75 Å². The molecule has 0 aliphatic rings. The molecule has 2 N–H and O–H groups in total. The van der Waals surface area contributed by atoms with Gasteiger partial charge in [0.1, 0.15) is 11.6 Å². The van der Waals surface area contributed by atoms with Crippen LogP contribution >= 0.6 is 0 Å². The Labute approximate surface area is 176 Å². The van der Waals surface area contributed by atoms with Crippen molar-refractivity contribution in [2.45, 2.75) is 18.1 Å².